The lowest BCUT2D eigenvalue weighted by Gasteiger charge is -2.22. The molecule has 2 atom stereocenters. The smallest absolute Gasteiger partial charge is 0.286 e. The molecule has 1 rings (SSSR count). The van der Waals surface area contributed by atoms with Gasteiger partial charge in [0.1, 0.15) is 6.23 Å². The summed E-state index contributed by atoms with van der Waals surface area (Å²) in [5.74, 6) is -0.396. The Kier molecular flexibility index (Phi) is 5.71. The first-order chi connectivity index (χ1) is 8.58. The molecule has 0 saturated carbocycles. The second-order valence-electron chi connectivity index (χ2n) is 4.73. The van der Waals surface area contributed by atoms with Crippen molar-refractivity contribution in [3.8, 4) is 0 Å². The Labute approximate surface area is 113 Å². The van der Waals surface area contributed by atoms with Crippen LogP contribution in [-0.2, 0) is 24.7 Å². The van der Waals surface area contributed by atoms with Gasteiger partial charge >= 0.3 is 10.4 Å². The third kappa shape index (κ3) is 6.63. The highest BCUT2D eigenvalue weighted by atomic mass is 32.3. The fourth-order valence-electron chi connectivity index (χ4n) is 2.25. The molecule has 0 spiro atoms. The molecule has 0 aliphatic carbocycles. The number of likely N-dealkylation sites (tertiary alicyclic amines) is 1. The van der Waals surface area contributed by atoms with Crippen LogP contribution in [0.25, 0.3) is 0 Å². The van der Waals surface area contributed by atoms with Crippen LogP contribution in [0.1, 0.15) is 25.7 Å². The van der Waals surface area contributed by atoms with Crippen LogP contribution in [0.4, 0.5) is 0 Å². The average Bonchev–Trinajstić information content (AvgIpc) is 2.52. The molecule has 0 aromatic heterocycles. The molecule has 10 heteroatoms. The Morgan fingerprint density at radius 1 is 1.21 bits per heavy atom. The van der Waals surface area contributed by atoms with E-state index in [9.17, 15) is 16.8 Å². The molecule has 114 valence electrons. The van der Waals surface area contributed by atoms with Crippen molar-refractivity contribution in [3.63, 3.8) is 0 Å². The van der Waals surface area contributed by atoms with Crippen LogP contribution in [0, 0.1) is 5.92 Å². The Balaban J connectivity index is 2.44. The molecule has 0 amide bonds. The van der Waals surface area contributed by atoms with E-state index in [2.05, 4.69) is 4.18 Å². The lowest BCUT2D eigenvalue weighted by atomic mass is 10.0. The predicted octanol–water partition coefficient (Wildman–Crippen LogP) is 0.142. The normalized spacial score (nSPS) is 25.8. The van der Waals surface area contributed by atoms with Crippen LogP contribution in [-0.4, -0.2) is 56.4 Å². The SMILES string of the molecule is CN1CCC(CCCCS(=O)(=O)O)C1OS(=O)(=O)O. The van der Waals surface area contributed by atoms with Crippen molar-refractivity contribution in [2.75, 3.05) is 19.3 Å². The molecule has 0 aromatic carbocycles. The number of unbranched alkanes of at least 4 members (excludes halogenated alkanes) is 1. The minimum absolute atomic E-state index is 0.0895. The van der Waals surface area contributed by atoms with Gasteiger partial charge in [-0.25, -0.2) is 4.18 Å². The quantitative estimate of drug-likeness (QED) is 0.502. The molecule has 8 nitrogen and oxygen atoms in total. The first-order valence-corrected chi connectivity index (χ1v) is 8.87. The molecule has 1 aliphatic heterocycles. The summed E-state index contributed by atoms with van der Waals surface area (Å²) in [7, 11) is -6.77. The summed E-state index contributed by atoms with van der Waals surface area (Å²) >= 11 is 0. The van der Waals surface area contributed by atoms with E-state index in [1.807, 2.05) is 0 Å². The summed E-state index contributed by atoms with van der Waals surface area (Å²) in [6.45, 7) is 0.642. The minimum Gasteiger partial charge on any atom is -0.286 e. The maximum absolute atomic E-state index is 10.7. The van der Waals surface area contributed by atoms with Gasteiger partial charge < -0.3 is 0 Å². The zero-order valence-corrected chi connectivity index (χ0v) is 12.2. The van der Waals surface area contributed by atoms with Gasteiger partial charge in [-0.15, -0.1) is 0 Å². The van der Waals surface area contributed by atoms with Crippen LogP contribution < -0.4 is 0 Å². The van der Waals surface area contributed by atoms with E-state index >= 15 is 0 Å². The Hall–Kier alpha value is -0.260. The van der Waals surface area contributed by atoms with Gasteiger partial charge in [0.2, 0.25) is 0 Å². The first-order valence-electron chi connectivity index (χ1n) is 5.89. The van der Waals surface area contributed by atoms with E-state index < -0.39 is 26.7 Å². The predicted molar refractivity (Wildman–Crippen MR) is 67.4 cm³/mol. The zero-order chi connectivity index (χ0) is 14.7. The van der Waals surface area contributed by atoms with Crippen molar-refractivity contribution in [3.05, 3.63) is 0 Å². The van der Waals surface area contributed by atoms with Crippen LogP contribution in [0.15, 0.2) is 0 Å². The molecule has 1 fully saturated rings. The van der Waals surface area contributed by atoms with Crippen LogP contribution in [0.2, 0.25) is 0 Å². The van der Waals surface area contributed by atoms with Crippen LogP contribution in [0.3, 0.4) is 0 Å². The lowest BCUT2D eigenvalue weighted by Crippen LogP contribution is -2.34. The standard InChI is InChI=1S/C9H19NO7S2/c1-10-6-5-8(9(10)17-19(14,15)16)4-2-3-7-18(11,12)13/h8-9H,2-7H2,1H3,(H,11,12,13)(H,14,15,16). The Morgan fingerprint density at radius 3 is 2.37 bits per heavy atom. The van der Waals surface area contributed by atoms with Gasteiger partial charge in [0.15, 0.2) is 0 Å². The average molecular weight is 317 g/mol. The molecule has 1 saturated heterocycles. The van der Waals surface area contributed by atoms with Gasteiger partial charge in [0, 0.05) is 12.5 Å². The summed E-state index contributed by atoms with van der Waals surface area (Å²) in [4.78, 5) is 1.68. The van der Waals surface area contributed by atoms with Gasteiger partial charge in [-0.3, -0.25) is 14.0 Å². The molecule has 1 heterocycles. The molecular weight excluding hydrogens is 298 g/mol. The zero-order valence-electron chi connectivity index (χ0n) is 10.6. The highest BCUT2D eigenvalue weighted by molar-refractivity contribution is 7.85. The van der Waals surface area contributed by atoms with Gasteiger partial charge in [-0.1, -0.05) is 6.42 Å². The van der Waals surface area contributed by atoms with Gasteiger partial charge in [-0.2, -0.15) is 16.8 Å². The molecule has 1 aliphatic rings. The summed E-state index contributed by atoms with van der Waals surface area (Å²) < 4.78 is 64.4. The van der Waals surface area contributed by atoms with Crippen LogP contribution >= 0.6 is 0 Å². The van der Waals surface area contributed by atoms with Gasteiger partial charge in [0.25, 0.3) is 10.1 Å². The van der Waals surface area contributed by atoms with E-state index in [-0.39, 0.29) is 11.7 Å². The number of rotatable bonds is 7. The van der Waals surface area contributed by atoms with E-state index in [0.29, 0.717) is 32.2 Å². The molecule has 0 radical (unpaired) electrons. The monoisotopic (exact) mass is 317 g/mol. The summed E-state index contributed by atoms with van der Waals surface area (Å²) in [6, 6.07) is 0. The molecule has 0 bridgehead atoms. The van der Waals surface area contributed by atoms with Crippen molar-refractivity contribution >= 4 is 20.5 Å². The van der Waals surface area contributed by atoms with Crippen molar-refractivity contribution in [2.45, 2.75) is 31.9 Å². The fraction of sp³-hybridized carbons (Fsp3) is 1.00. The van der Waals surface area contributed by atoms with Gasteiger partial charge in [-0.05, 0) is 26.3 Å². The van der Waals surface area contributed by atoms with E-state index in [1.54, 1.807) is 11.9 Å². The third-order valence-electron chi connectivity index (χ3n) is 3.14. The topological polar surface area (TPSA) is 121 Å². The van der Waals surface area contributed by atoms with Crippen molar-refractivity contribution in [1.29, 1.82) is 0 Å². The molecular formula is C9H19NO7S2. The van der Waals surface area contributed by atoms with Crippen molar-refractivity contribution in [1.82, 2.24) is 4.90 Å². The van der Waals surface area contributed by atoms with E-state index in [1.165, 1.54) is 0 Å². The first kappa shape index (κ1) is 16.8. The maximum Gasteiger partial charge on any atom is 0.398 e. The minimum atomic E-state index is -4.50. The number of hydrogen-bond donors (Lipinski definition) is 2. The maximum atomic E-state index is 10.7. The molecule has 2 unspecified atom stereocenters. The lowest BCUT2D eigenvalue weighted by molar-refractivity contribution is 0.0395. The molecule has 2 N–H and O–H groups in total. The fourth-order valence-corrected chi connectivity index (χ4v) is 3.38. The summed E-state index contributed by atoms with van der Waals surface area (Å²) in [5, 5.41) is 0. The van der Waals surface area contributed by atoms with Crippen molar-refractivity contribution in [2.24, 2.45) is 5.92 Å². The second kappa shape index (κ2) is 6.46. The number of nitrogens with zero attached hydrogens (tertiary/aromatic N) is 1. The Morgan fingerprint density at radius 2 is 1.84 bits per heavy atom. The van der Waals surface area contributed by atoms with Gasteiger partial charge in [0.05, 0.1) is 5.75 Å². The molecule has 19 heavy (non-hydrogen) atoms. The third-order valence-corrected chi connectivity index (χ3v) is 4.38. The summed E-state index contributed by atoms with van der Waals surface area (Å²) in [6.07, 6.45) is 1.39. The summed E-state index contributed by atoms with van der Waals surface area (Å²) in [5.41, 5.74) is 0. The number of hydrogen-bond acceptors (Lipinski definition) is 6. The van der Waals surface area contributed by atoms with E-state index in [4.69, 9.17) is 9.11 Å². The van der Waals surface area contributed by atoms with Crippen LogP contribution in [0.5, 0.6) is 0 Å². The second-order valence-corrected chi connectivity index (χ2v) is 7.35. The van der Waals surface area contributed by atoms with Crippen molar-refractivity contribution < 1.29 is 30.1 Å². The largest absolute Gasteiger partial charge is 0.398 e. The van der Waals surface area contributed by atoms with E-state index in [0.717, 1.165) is 0 Å². The highest BCUT2D eigenvalue weighted by Crippen LogP contribution is 2.29. The Bertz CT molecular complexity index is 487. The molecule has 0 aromatic rings. The highest BCUT2D eigenvalue weighted by Gasteiger charge is 2.35.